The van der Waals surface area contributed by atoms with Crippen molar-refractivity contribution < 1.29 is 50.3 Å². The molecule has 3 fully saturated rings. The smallest absolute Gasteiger partial charge is 0.416 e. The van der Waals surface area contributed by atoms with Gasteiger partial charge in [-0.05, 0) is 72.4 Å². The summed E-state index contributed by atoms with van der Waals surface area (Å²) < 4.78 is 82.9. The third-order valence-corrected chi connectivity index (χ3v) is 13.1. The summed E-state index contributed by atoms with van der Waals surface area (Å²) in [6.45, 7) is 6.43. The van der Waals surface area contributed by atoms with Crippen LogP contribution in [0, 0.1) is 23.1 Å². The number of carbonyl (C=O) groups is 4. The highest BCUT2D eigenvalue weighted by molar-refractivity contribution is 7.91. The molecule has 0 spiro atoms. The Hall–Kier alpha value is -4.12. The summed E-state index contributed by atoms with van der Waals surface area (Å²) in [5.74, 6) is -4.73. The Kier molecular flexibility index (Phi) is 10.2. The van der Waals surface area contributed by atoms with E-state index in [-0.39, 0.29) is 31.6 Å². The molecule has 54 heavy (non-hydrogen) atoms. The first-order chi connectivity index (χ1) is 25.1. The number of carbonyl (C=O) groups excluding carboxylic acids is 3. The van der Waals surface area contributed by atoms with E-state index in [0.717, 1.165) is 6.07 Å². The molecular formula is C36H42ClF4N5O7S. The average Bonchev–Trinajstić information content (AvgIpc) is 3.96. The fraction of sp³-hybridized carbons (Fsp3) is 0.556. The molecule has 4 amide bonds. The minimum atomic E-state index is -4.89. The second-order valence-corrected chi connectivity index (χ2v) is 18.1. The Morgan fingerprint density at radius 3 is 2.33 bits per heavy atom. The van der Waals surface area contributed by atoms with Crippen LogP contribution in [0.1, 0.15) is 82.5 Å². The van der Waals surface area contributed by atoms with E-state index in [9.17, 15) is 50.3 Å². The number of alkyl halides is 3. The van der Waals surface area contributed by atoms with E-state index in [1.807, 2.05) is 0 Å². The number of benzene rings is 2. The standard InChI is InChI=1S/C36H42ClF4N5O7S/c1-5-19-15-35(19,32(49)44-54(52,53)23-9-10-23)43-30(47)27-11-18(28-24-7-6-8-26(37)25(24)17-46(28)33(50)51)16-45(27)31(48)29(34(2,3)4)42-22-13-20(36(39,40)41)12-21(38)14-22/h6-8,12-14,18-19,23,27-29,42H,5,9-11,15-17H2,1-4H3,(H,43,47)(H,44,49)(H,50,51)/t18-,19-,27+,28?,29-,35-/m1/s1. The second-order valence-electron chi connectivity index (χ2n) is 15.8. The van der Waals surface area contributed by atoms with Crippen LogP contribution >= 0.6 is 11.6 Å². The van der Waals surface area contributed by atoms with Crippen molar-refractivity contribution in [1.29, 1.82) is 0 Å². The van der Waals surface area contributed by atoms with Crippen LogP contribution in [-0.4, -0.2) is 76.6 Å². The van der Waals surface area contributed by atoms with E-state index in [1.54, 1.807) is 45.9 Å². The van der Waals surface area contributed by atoms with Gasteiger partial charge in [0.25, 0.3) is 5.91 Å². The van der Waals surface area contributed by atoms with E-state index in [2.05, 4.69) is 15.4 Å². The van der Waals surface area contributed by atoms with Crippen LogP contribution in [0.2, 0.25) is 5.02 Å². The van der Waals surface area contributed by atoms with E-state index in [1.165, 1.54) is 9.80 Å². The molecular weight excluding hydrogens is 758 g/mol. The molecule has 4 N–H and O–H groups in total. The van der Waals surface area contributed by atoms with Crippen LogP contribution in [0.3, 0.4) is 0 Å². The Balaban J connectivity index is 1.36. The molecule has 0 aromatic heterocycles. The number of hydrogen-bond acceptors (Lipinski definition) is 7. The predicted octanol–water partition coefficient (Wildman–Crippen LogP) is 5.67. The SMILES string of the molecule is CC[C@@H]1C[C@]1(NC(=O)[C@@H]1C[C@@H](C2c3cccc(Cl)c3CN2C(=O)O)CN1C(=O)[C@@H](Nc1cc(F)cc(C(F)(F)F)c1)C(C)(C)C)C(=O)NS(=O)(=O)C1CC1. The second kappa shape index (κ2) is 13.9. The lowest BCUT2D eigenvalue weighted by atomic mass is 9.85. The largest absolute Gasteiger partial charge is 0.465 e. The lowest BCUT2D eigenvalue weighted by Gasteiger charge is -2.36. The summed E-state index contributed by atoms with van der Waals surface area (Å²) in [6, 6.07) is 3.30. The van der Waals surface area contributed by atoms with E-state index < -0.39 is 97.6 Å². The van der Waals surface area contributed by atoms with Crippen LogP contribution in [0.4, 0.5) is 28.0 Å². The normalized spacial score (nSPS) is 25.9. The zero-order valence-electron chi connectivity index (χ0n) is 30.0. The quantitative estimate of drug-likeness (QED) is 0.224. The van der Waals surface area contributed by atoms with Gasteiger partial charge in [0.1, 0.15) is 23.4 Å². The molecule has 6 rings (SSSR count). The van der Waals surface area contributed by atoms with Gasteiger partial charge in [0.15, 0.2) is 0 Å². The third kappa shape index (κ3) is 7.57. The van der Waals surface area contributed by atoms with Gasteiger partial charge in [-0.3, -0.25) is 24.0 Å². The summed E-state index contributed by atoms with van der Waals surface area (Å²) in [5, 5.41) is 15.4. The van der Waals surface area contributed by atoms with Crippen LogP contribution < -0.4 is 15.4 Å². The number of amides is 4. The van der Waals surface area contributed by atoms with Crippen LogP contribution in [-0.2, 0) is 37.1 Å². The maximum Gasteiger partial charge on any atom is 0.416 e. The van der Waals surface area contributed by atoms with Gasteiger partial charge in [0, 0.05) is 23.2 Å². The Bertz CT molecular complexity index is 1990. The number of hydrogen-bond donors (Lipinski definition) is 4. The molecule has 6 atom stereocenters. The molecule has 0 radical (unpaired) electrons. The van der Waals surface area contributed by atoms with E-state index in [0.29, 0.717) is 47.5 Å². The van der Waals surface area contributed by atoms with Crippen LogP contribution in [0.15, 0.2) is 36.4 Å². The Morgan fingerprint density at radius 2 is 1.76 bits per heavy atom. The number of anilines is 1. The molecule has 2 heterocycles. The molecule has 2 aliphatic carbocycles. The van der Waals surface area contributed by atoms with Gasteiger partial charge < -0.3 is 20.6 Å². The zero-order valence-corrected chi connectivity index (χ0v) is 31.5. The average molecular weight is 800 g/mol. The molecule has 1 saturated heterocycles. The fourth-order valence-corrected chi connectivity index (χ4v) is 9.46. The summed E-state index contributed by atoms with van der Waals surface area (Å²) >= 11 is 6.46. The third-order valence-electron chi connectivity index (χ3n) is 10.9. The molecule has 18 heteroatoms. The molecule has 2 saturated carbocycles. The maximum absolute atomic E-state index is 14.7. The summed E-state index contributed by atoms with van der Waals surface area (Å²) in [7, 11) is -3.97. The minimum absolute atomic E-state index is 0.0550. The van der Waals surface area contributed by atoms with Crippen molar-refractivity contribution in [2.24, 2.45) is 17.3 Å². The molecule has 2 aliphatic heterocycles. The highest BCUT2D eigenvalue weighted by atomic mass is 35.5. The minimum Gasteiger partial charge on any atom is -0.465 e. The van der Waals surface area contributed by atoms with Gasteiger partial charge in [-0.15, -0.1) is 0 Å². The van der Waals surface area contributed by atoms with Gasteiger partial charge in [-0.25, -0.2) is 17.6 Å². The Labute approximate surface area is 315 Å². The van der Waals surface area contributed by atoms with E-state index >= 15 is 0 Å². The lowest BCUT2D eigenvalue weighted by molar-refractivity contribution is -0.141. The van der Waals surface area contributed by atoms with Crippen molar-refractivity contribution in [3.05, 3.63) is 63.9 Å². The maximum atomic E-state index is 14.7. The van der Waals surface area contributed by atoms with Crippen LogP contribution in [0.25, 0.3) is 0 Å². The van der Waals surface area contributed by atoms with Crippen molar-refractivity contribution in [3.63, 3.8) is 0 Å². The molecule has 294 valence electrons. The Morgan fingerprint density at radius 1 is 1.07 bits per heavy atom. The highest BCUT2D eigenvalue weighted by Gasteiger charge is 2.62. The monoisotopic (exact) mass is 799 g/mol. The van der Waals surface area contributed by atoms with Gasteiger partial charge in [0.05, 0.1) is 23.4 Å². The first kappa shape index (κ1) is 39.6. The predicted molar refractivity (Wildman–Crippen MR) is 189 cm³/mol. The summed E-state index contributed by atoms with van der Waals surface area (Å²) in [6.07, 6.45) is -4.89. The molecule has 0 bridgehead atoms. The van der Waals surface area contributed by atoms with Crippen molar-refractivity contribution in [3.8, 4) is 0 Å². The molecule has 1 unspecified atom stereocenters. The first-order valence-corrected chi connectivity index (χ1v) is 19.6. The number of nitrogens with zero attached hydrogens (tertiary/aromatic N) is 2. The van der Waals surface area contributed by atoms with Crippen molar-refractivity contribution in [2.45, 2.75) is 101 Å². The lowest BCUT2D eigenvalue weighted by Crippen LogP contribution is -2.58. The molecule has 2 aromatic rings. The van der Waals surface area contributed by atoms with Gasteiger partial charge in [-0.1, -0.05) is 57.8 Å². The molecule has 12 nitrogen and oxygen atoms in total. The number of rotatable bonds is 10. The molecule has 4 aliphatic rings. The summed E-state index contributed by atoms with van der Waals surface area (Å²) in [5.41, 5.74) is -3.09. The van der Waals surface area contributed by atoms with Crippen molar-refractivity contribution in [1.82, 2.24) is 19.8 Å². The fourth-order valence-electron chi connectivity index (χ4n) is 7.85. The number of fused-ring (bicyclic) bond motifs is 1. The number of carboxylic acid groups (broad SMARTS) is 1. The number of halogens is 5. The highest BCUT2D eigenvalue weighted by Crippen LogP contribution is 2.49. The van der Waals surface area contributed by atoms with Gasteiger partial charge in [0.2, 0.25) is 21.8 Å². The van der Waals surface area contributed by atoms with Crippen molar-refractivity contribution in [2.75, 3.05) is 11.9 Å². The first-order valence-electron chi connectivity index (χ1n) is 17.7. The summed E-state index contributed by atoms with van der Waals surface area (Å²) in [4.78, 5) is 57.6. The topological polar surface area (TPSA) is 165 Å². The molecule has 2 aromatic carbocycles. The zero-order chi connectivity index (χ0) is 39.7. The van der Waals surface area contributed by atoms with Gasteiger partial charge >= 0.3 is 12.3 Å². The van der Waals surface area contributed by atoms with E-state index in [4.69, 9.17) is 11.6 Å². The van der Waals surface area contributed by atoms with Crippen LogP contribution in [0.5, 0.6) is 0 Å². The number of nitrogens with one attached hydrogen (secondary N) is 3. The number of likely N-dealkylation sites (tertiary alicyclic amines) is 1. The number of sulfonamides is 1. The van der Waals surface area contributed by atoms with Gasteiger partial charge in [-0.2, -0.15) is 13.2 Å². The van der Waals surface area contributed by atoms with Crippen molar-refractivity contribution >= 4 is 51.1 Å².